The standard InChI is InChI=1S/C14H24N4O4S/c1-10-8-18(23(20,21)12-7-15-9-16-12)6-5-11(10)17-13(19)22-14(2,3)4/h7,9-11H,5-6,8H2,1-4H3,(H,15,16)(H,17,19)/t10-,11+/m1/s1. The number of nitrogens with one attached hydrogen (secondary N) is 2. The Morgan fingerprint density at radius 2 is 2.17 bits per heavy atom. The number of alkyl carbamates (subject to hydrolysis) is 1. The van der Waals surface area contributed by atoms with Gasteiger partial charge < -0.3 is 15.0 Å². The molecular weight excluding hydrogens is 320 g/mol. The van der Waals surface area contributed by atoms with Crippen LogP contribution in [0, 0.1) is 5.92 Å². The molecule has 0 radical (unpaired) electrons. The summed E-state index contributed by atoms with van der Waals surface area (Å²) in [4.78, 5) is 18.3. The molecular formula is C14H24N4O4S. The van der Waals surface area contributed by atoms with Gasteiger partial charge in [0.1, 0.15) is 5.60 Å². The first-order valence-electron chi connectivity index (χ1n) is 7.58. The molecule has 2 rings (SSSR count). The van der Waals surface area contributed by atoms with Crippen LogP contribution in [0.1, 0.15) is 34.1 Å². The molecule has 1 aliphatic rings. The number of imidazole rings is 1. The molecule has 1 aromatic heterocycles. The van der Waals surface area contributed by atoms with Gasteiger partial charge >= 0.3 is 6.09 Å². The lowest BCUT2D eigenvalue weighted by Crippen LogP contribution is -2.52. The van der Waals surface area contributed by atoms with E-state index < -0.39 is 21.7 Å². The number of hydrogen-bond donors (Lipinski definition) is 2. The molecule has 1 aliphatic heterocycles. The molecule has 1 amide bonds. The predicted molar refractivity (Wildman–Crippen MR) is 84.3 cm³/mol. The molecule has 0 aromatic carbocycles. The monoisotopic (exact) mass is 344 g/mol. The van der Waals surface area contributed by atoms with Gasteiger partial charge in [0.25, 0.3) is 10.0 Å². The topological polar surface area (TPSA) is 104 Å². The van der Waals surface area contributed by atoms with Crippen LogP contribution in [0.5, 0.6) is 0 Å². The Balaban J connectivity index is 1.96. The van der Waals surface area contributed by atoms with Crippen LogP contribution in [0.15, 0.2) is 17.6 Å². The largest absolute Gasteiger partial charge is 0.444 e. The maximum absolute atomic E-state index is 12.4. The van der Waals surface area contributed by atoms with Gasteiger partial charge in [-0.2, -0.15) is 4.31 Å². The van der Waals surface area contributed by atoms with Gasteiger partial charge in [0.05, 0.1) is 6.33 Å². The first kappa shape index (κ1) is 17.7. The van der Waals surface area contributed by atoms with Crippen molar-refractivity contribution in [1.29, 1.82) is 0 Å². The molecule has 130 valence electrons. The Labute approximate surface area is 136 Å². The zero-order valence-corrected chi connectivity index (χ0v) is 14.7. The molecule has 1 fully saturated rings. The van der Waals surface area contributed by atoms with Crippen molar-refractivity contribution in [2.45, 2.75) is 50.8 Å². The fraction of sp³-hybridized carbons (Fsp3) is 0.714. The van der Waals surface area contributed by atoms with Crippen LogP contribution in [0.2, 0.25) is 0 Å². The molecule has 0 saturated carbocycles. The van der Waals surface area contributed by atoms with Crippen LogP contribution in [-0.4, -0.2) is 53.5 Å². The van der Waals surface area contributed by atoms with E-state index in [0.29, 0.717) is 19.5 Å². The van der Waals surface area contributed by atoms with Crippen LogP contribution in [0.4, 0.5) is 4.79 Å². The highest BCUT2D eigenvalue weighted by atomic mass is 32.2. The number of aromatic nitrogens is 2. The van der Waals surface area contributed by atoms with Crippen LogP contribution in [0.3, 0.4) is 0 Å². The van der Waals surface area contributed by atoms with E-state index in [9.17, 15) is 13.2 Å². The summed E-state index contributed by atoms with van der Waals surface area (Å²) in [5.74, 6) is -0.0232. The Kier molecular flexibility index (Phi) is 5.00. The second-order valence-electron chi connectivity index (χ2n) is 6.79. The molecule has 2 heterocycles. The van der Waals surface area contributed by atoms with E-state index in [0.717, 1.165) is 0 Å². The van der Waals surface area contributed by atoms with Gasteiger partial charge in [-0.15, -0.1) is 0 Å². The van der Waals surface area contributed by atoms with Gasteiger partial charge in [-0.25, -0.2) is 18.2 Å². The summed E-state index contributed by atoms with van der Waals surface area (Å²) in [6.45, 7) is 7.98. The Morgan fingerprint density at radius 1 is 1.48 bits per heavy atom. The van der Waals surface area contributed by atoms with Crippen molar-refractivity contribution in [3.8, 4) is 0 Å². The minimum atomic E-state index is -3.59. The van der Waals surface area contributed by atoms with E-state index in [4.69, 9.17) is 4.74 Å². The number of aromatic amines is 1. The first-order chi connectivity index (χ1) is 10.6. The van der Waals surface area contributed by atoms with Crippen molar-refractivity contribution in [3.05, 3.63) is 12.5 Å². The number of hydrogen-bond acceptors (Lipinski definition) is 5. The van der Waals surface area contributed by atoms with Crippen LogP contribution in [0.25, 0.3) is 0 Å². The lowest BCUT2D eigenvalue weighted by molar-refractivity contribution is 0.0466. The second kappa shape index (κ2) is 6.48. The van der Waals surface area contributed by atoms with Crippen molar-refractivity contribution in [3.63, 3.8) is 0 Å². The predicted octanol–water partition coefficient (Wildman–Crippen LogP) is 1.33. The van der Waals surface area contributed by atoms with Crippen molar-refractivity contribution in [2.24, 2.45) is 5.92 Å². The fourth-order valence-corrected chi connectivity index (χ4v) is 3.96. The summed E-state index contributed by atoms with van der Waals surface area (Å²) in [6.07, 6.45) is 2.76. The van der Waals surface area contributed by atoms with E-state index >= 15 is 0 Å². The molecule has 2 atom stereocenters. The Morgan fingerprint density at radius 3 is 2.70 bits per heavy atom. The zero-order valence-electron chi connectivity index (χ0n) is 13.9. The van der Waals surface area contributed by atoms with E-state index in [2.05, 4.69) is 15.3 Å². The summed E-state index contributed by atoms with van der Waals surface area (Å²) in [5.41, 5.74) is -0.558. The van der Waals surface area contributed by atoms with E-state index in [1.807, 2.05) is 6.92 Å². The summed E-state index contributed by atoms with van der Waals surface area (Å²) < 4.78 is 31.5. The number of carbonyl (C=O) groups is 1. The van der Waals surface area contributed by atoms with Crippen molar-refractivity contribution in [2.75, 3.05) is 13.1 Å². The third-order valence-electron chi connectivity index (χ3n) is 3.65. The zero-order chi connectivity index (χ0) is 17.3. The highest BCUT2D eigenvalue weighted by Crippen LogP contribution is 2.23. The van der Waals surface area contributed by atoms with E-state index in [1.165, 1.54) is 16.8 Å². The number of amides is 1. The average molecular weight is 344 g/mol. The number of carbonyl (C=O) groups excluding carboxylic acids is 1. The Bertz CT molecular complexity index is 636. The summed E-state index contributed by atoms with van der Waals surface area (Å²) in [7, 11) is -3.59. The van der Waals surface area contributed by atoms with Gasteiger partial charge in [0, 0.05) is 25.3 Å². The molecule has 0 unspecified atom stereocenters. The highest BCUT2D eigenvalue weighted by molar-refractivity contribution is 7.89. The van der Waals surface area contributed by atoms with Gasteiger partial charge in [-0.1, -0.05) is 6.92 Å². The maximum Gasteiger partial charge on any atom is 0.407 e. The van der Waals surface area contributed by atoms with E-state index in [-0.39, 0.29) is 17.0 Å². The van der Waals surface area contributed by atoms with Gasteiger partial charge in [-0.05, 0) is 33.1 Å². The molecule has 2 N–H and O–H groups in total. The SMILES string of the molecule is C[C@@H]1CN(S(=O)(=O)c2c[nH]cn2)CC[C@@H]1NC(=O)OC(C)(C)C. The average Bonchev–Trinajstić information content (AvgIpc) is 2.93. The van der Waals surface area contributed by atoms with Crippen molar-refractivity contribution in [1.82, 2.24) is 19.6 Å². The quantitative estimate of drug-likeness (QED) is 0.861. The molecule has 8 nitrogen and oxygen atoms in total. The van der Waals surface area contributed by atoms with Crippen LogP contribution in [-0.2, 0) is 14.8 Å². The third kappa shape index (κ3) is 4.44. The number of H-pyrrole nitrogens is 1. The smallest absolute Gasteiger partial charge is 0.407 e. The molecule has 0 aliphatic carbocycles. The molecule has 0 bridgehead atoms. The number of ether oxygens (including phenoxy) is 1. The van der Waals surface area contributed by atoms with Crippen molar-refractivity contribution >= 4 is 16.1 Å². The minimum Gasteiger partial charge on any atom is -0.444 e. The fourth-order valence-electron chi connectivity index (χ4n) is 2.52. The second-order valence-corrected chi connectivity index (χ2v) is 8.67. The molecule has 1 aromatic rings. The lowest BCUT2D eigenvalue weighted by atomic mass is 9.95. The van der Waals surface area contributed by atoms with Crippen LogP contribution >= 0.6 is 0 Å². The molecule has 1 saturated heterocycles. The molecule has 0 spiro atoms. The van der Waals surface area contributed by atoms with Gasteiger partial charge in [-0.3, -0.25) is 0 Å². The first-order valence-corrected chi connectivity index (χ1v) is 9.02. The Hall–Kier alpha value is -1.61. The number of piperidine rings is 1. The van der Waals surface area contributed by atoms with Gasteiger partial charge in [0.2, 0.25) is 0 Å². The minimum absolute atomic E-state index is 0.0169. The normalized spacial score (nSPS) is 23.5. The molecule has 23 heavy (non-hydrogen) atoms. The number of nitrogens with zero attached hydrogens (tertiary/aromatic N) is 2. The lowest BCUT2D eigenvalue weighted by Gasteiger charge is -2.36. The summed E-state index contributed by atoms with van der Waals surface area (Å²) >= 11 is 0. The third-order valence-corrected chi connectivity index (χ3v) is 5.41. The summed E-state index contributed by atoms with van der Waals surface area (Å²) in [5, 5.41) is 2.84. The van der Waals surface area contributed by atoms with Crippen LogP contribution < -0.4 is 5.32 Å². The van der Waals surface area contributed by atoms with Crippen molar-refractivity contribution < 1.29 is 17.9 Å². The summed E-state index contributed by atoms with van der Waals surface area (Å²) in [6, 6.07) is -0.115. The highest BCUT2D eigenvalue weighted by Gasteiger charge is 2.35. The number of sulfonamides is 1. The molecule has 9 heteroatoms. The number of rotatable bonds is 3. The van der Waals surface area contributed by atoms with E-state index in [1.54, 1.807) is 20.8 Å². The van der Waals surface area contributed by atoms with Gasteiger partial charge in [0.15, 0.2) is 5.03 Å². The maximum atomic E-state index is 12.4.